The molecule has 1 aromatic rings. The van der Waals surface area contributed by atoms with Gasteiger partial charge in [0, 0.05) is 0 Å². The molecule has 1 atom stereocenters. The van der Waals surface area contributed by atoms with E-state index in [2.05, 4.69) is 38.1 Å². The summed E-state index contributed by atoms with van der Waals surface area (Å²) in [6.07, 6.45) is 5.65. The zero-order chi connectivity index (χ0) is 14.4. The van der Waals surface area contributed by atoms with Crippen LogP contribution in [0, 0.1) is 10.8 Å². The summed E-state index contributed by atoms with van der Waals surface area (Å²) in [7, 11) is 0. The first kappa shape index (κ1) is 13.7. The zero-order valence-corrected chi connectivity index (χ0v) is 12.5. The molecule has 0 spiro atoms. The molecule has 0 radical (unpaired) electrons. The SMILES string of the molecule is CC1(C)CCC(CC2Cc3ccccc32)(C(=O)O)CC1. The molecule has 0 amide bonds. The van der Waals surface area contributed by atoms with Crippen LogP contribution in [0.4, 0.5) is 0 Å². The predicted octanol–water partition coefficient (Wildman–Crippen LogP) is 4.39. The molecule has 1 N–H and O–H groups in total. The Morgan fingerprint density at radius 1 is 1.20 bits per heavy atom. The highest BCUT2D eigenvalue weighted by Crippen LogP contribution is 2.52. The number of carboxylic acid groups (broad SMARTS) is 1. The maximum Gasteiger partial charge on any atom is 0.309 e. The minimum absolute atomic E-state index is 0.316. The number of benzene rings is 1. The molecule has 1 aromatic carbocycles. The summed E-state index contributed by atoms with van der Waals surface area (Å²) in [6.45, 7) is 4.52. The molecule has 2 aliphatic rings. The summed E-state index contributed by atoms with van der Waals surface area (Å²) in [5, 5.41) is 9.78. The Labute approximate surface area is 121 Å². The van der Waals surface area contributed by atoms with Crippen LogP contribution in [0.3, 0.4) is 0 Å². The molecule has 0 heterocycles. The Kier molecular flexibility index (Phi) is 3.15. The molecule has 2 aliphatic carbocycles. The van der Waals surface area contributed by atoms with Crippen molar-refractivity contribution in [1.82, 2.24) is 0 Å². The predicted molar refractivity (Wildman–Crippen MR) is 79.8 cm³/mol. The first-order chi connectivity index (χ1) is 9.42. The van der Waals surface area contributed by atoms with Gasteiger partial charge in [-0.05, 0) is 61.0 Å². The summed E-state index contributed by atoms with van der Waals surface area (Å²) in [5.74, 6) is -0.110. The van der Waals surface area contributed by atoms with Gasteiger partial charge in [0.2, 0.25) is 0 Å². The number of hydrogen-bond acceptors (Lipinski definition) is 1. The van der Waals surface area contributed by atoms with E-state index in [1.54, 1.807) is 0 Å². The highest BCUT2D eigenvalue weighted by molar-refractivity contribution is 5.75. The van der Waals surface area contributed by atoms with Gasteiger partial charge in [0.05, 0.1) is 5.41 Å². The molecule has 0 bridgehead atoms. The maximum absolute atomic E-state index is 11.9. The Balaban J connectivity index is 1.76. The highest BCUT2D eigenvalue weighted by atomic mass is 16.4. The topological polar surface area (TPSA) is 37.3 Å². The summed E-state index contributed by atoms with van der Waals surface area (Å²) < 4.78 is 0. The third-order valence-electron chi connectivity index (χ3n) is 5.61. The minimum atomic E-state index is -0.572. The average molecular weight is 272 g/mol. The summed E-state index contributed by atoms with van der Waals surface area (Å²) in [4.78, 5) is 11.9. The number of rotatable bonds is 3. The van der Waals surface area contributed by atoms with Gasteiger partial charge in [-0.3, -0.25) is 4.79 Å². The molecule has 0 aliphatic heterocycles. The molecule has 1 unspecified atom stereocenters. The molecule has 2 nitrogen and oxygen atoms in total. The highest BCUT2D eigenvalue weighted by Gasteiger charge is 2.46. The first-order valence-corrected chi connectivity index (χ1v) is 7.73. The molecule has 1 fully saturated rings. The van der Waals surface area contributed by atoms with Crippen LogP contribution < -0.4 is 0 Å². The van der Waals surface area contributed by atoms with Gasteiger partial charge in [-0.25, -0.2) is 0 Å². The van der Waals surface area contributed by atoms with Crippen molar-refractivity contribution in [2.45, 2.75) is 58.3 Å². The fourth-order valence-corrected chi connectivity index (χ4v) is 3.93. The van der Waals surface area contributed by atoms with Gasteiger partial charge in [-0.15, -0.1) is 0 Å². The average Bonchev–Trinajstić information content (AvgIpc) is 2.38. The summed E-state index contributed by atoms with van der Waals surface area (Å²) in [5.41, 5.74) is 2.64. The Bertz CT molecular complexity index is 520. The Morgan fingerprint density at radius 2 is 1.85 bits per heavy atom. The van der Waals surface area contributed by atoms with Crippen molar-refractivity contribution < 1.29 is 9.90 Å². The molecule has 20 heavy (non-hydrogen) atoms. The normalized spacial score (nSPS) is 26.4. The van der Waals surface area contributed by atoms with Crippen LogP contribution in [-0.4, -0.2) is 11.1 Å². The lowest BCUT2D eigenvalue weighted by molar-refractivity contribution is -0.153. The van der Waals surface area contributed by atoms with Crippen molar-refractivity contribution in [3.05, 3.63) is 35.4 Å². The van der Waals surface area contributed by atoms with Crippen LogP contribution in [0.2, 0.25) is 0 Å². The van der Waals surface area contributed by atoms with Gasteiger partial charge < -0.3 is 5.11 Å². The van der Waals surface area contributed by atoms with Crippen molar-refractivity contribution in [1.29, 1.82) is 0 Å². The molecule has 108 valence electrons. The number of fused-ring (bicyclic) bond motifs is 1. The van der Waals surface area contributed by atoms with Gasteiger partial charge in [-0.2, -0.15) is 0 Å². The third-order valence-corrected chi connectivity index (χ3v) is 5.61. The lowest BCUT2D eigenvalue weighted by Crippen LogP contribution is -2.40. The quantitative estimate of drug-likeness (QED) is 0.886. The third kappa shape index (κ3) is 2.25. The molecular formula is C18H24O2. The van der Waals surface area contributed by atoms with E-state index in [0.29, 0.717) is 11.3 Å². The first-order valence-electron chi connectivity index (χ1n) is 7.73. The van der Waals surface area contributed by atoms with E-state index in [-0.39, 0.29) is 0 Å². The zero-order valence-electron chi connectivity index (χ0n) is 12.5. The van der Waals surface area contributed by atoms with E-state index in [4.69, 9.17) is 0 Å². The lowest BCUT2D eigenvalue weighted by atomic mass is 9.59. The fraction of sp³-hybridized carbons (Fsp3) is 0.611. The van der Waals surface area contributed by atoms with Gasteiger partial charge in [0.1, 0.15) is 0 Å². The van der Waals surface area contributed by atoms with Crippen LogP contribution in [-0.2, 0) is 11.2 Å². The van der Waals surface area contributed by atoms with Crippen molar-refractivity contribution in [2.75, 3.05) is 0 Å². The van der Waals surface area contributed by atoms with Crippen molar-refractivity contribution in [3.63, 3.8) is 0 Å². The van der Waals surface area contributed by atoms with Gasteiger partial charge in [0.15, 0.2) is 0 Å². The maximum atomic E-state index is 11.9. The van der Waals surface area contributed by atoms with E-state index in [1.165, 1.54) is 11.1 Å². The lowest BCUT2D eigenvalue weighted by Gasteiger charge is -2.44. The van der Waals surface area contributed by atoms with E-state index >= 15 is 0 Å². The number of carbonyl (C=O) groups is 1. The van der Waals surface area contributed by atoms with E-state index in [0.717, 1.165) is 38.5 Å². The largest absolute Gasteiger partial charge is 0.481 e. The van der Waals surface area contributed by atoms with Gasteiger partial charge in [-0.1, -0.05) is 38.1 Å². The van der Waals surface area contributed by atoms with Crippen molar-refractivity contribution >= 4 is 5.97 Å². The molecule has 1 saturated carbocycles. The van der Waals surface area contributed by atoms with Crippen LogP contribution in [0.25, 0.3) is 0 Å². The van der Waals surface area contributed by atoms with Crippen LogP contribution in [0.15, 0.2) is 24.3 Å². The second-order valence-electron chi connectivity index (χ2n) is 7.55. The Hall–Kier alpha value is -1.31. The summed E-state index contributed by atoms with van der Waals surface area (Å²) in [6, 6.07) is 8.49. The van der Waals surface area contributed by atoms with Crippen molar-refractivity contribution in [2.24, 2.45) is 10.8 Å². The molecule has 2 heteroatoms. The fourth-order valence-electron chi connectivity index (χ4n) is 3.93. The monoisotopic (exact) mass is 272 g/mol. The Morgan fingerprint density at radius 3 is 2.45 bits per heavy atom. The minimum Gasteiger partial charge on any atom is -0.481 e. The van der Waals surface area contributed by atoms with Crippen molar-refractivity contribution in [3.8, 4) is 0 Å². The smallest absolute Gasteiger partial charge is 0.309 e. The van der Waals surface area contributed by atoms with E-state index < -0.39 is 11.4 Å². The van der Waals surface area contributed by atoms with Gasteiger partial charge in [0.25, 0.3) is 0 Å². The standard InChI is InChI=1S/C18H24O2/c1-17(2)7-9-18(10-8-17,16(19)20)12-14-11-13-5-3-4-6-15(13)14/h3-6,14H,7-12H2,1-2H3,(H,19,20). The van der Waals surface area contributed by atoms with Crippen LogP contribution >= 0.6 is 0 Å². The number of aliphatic carboxylic acids is 1. The van der Waals surface area contributed by atoms with Crippen LogP contribution in [0.1, 0.15) is 63.0 Å². The second kappa shape index (κ2) is 4.61. The molecule has 0 aromatic heterocycles. The summed E-state index contributed by atoms with van der Waals surface area (Å²) >= 11 is 0. The molecule has 0 saturated heterocycles. The van der Waals surface area contributed by atoms with E-state index in [9.17, 15) is 9.90 Å². The van der Waals surface area contributed by atoms with Gasteiger partial charge >= 0.3 is 5.97 Å². The molecular weight excluding hydrogens is 248 g/mol. The number of hydrogen-bond donors (Lipinski definition) is 1. The van der Waals surface area contributed by atoms with E-state index in [1.807, 2.05) is 0 Å². The second-order valence-corrected chi connectivity index (χ2v) is 7.55. The molecule has 3 rings (SSSR count). The van der Waals surface area contributed by atoms with Crippen LogP contribution in [0.5, 0.6) is 0 Å². The number of carboxylic acids is 1.